The highest BCUT2D eigenvalue weighted by Crippen LogP contribution is 2.33. The van der Waals surface area contributed by atoms with Crippen molar-refractivity contribution in [3.05, 3.63) is 0 Å². The van der Waals surface area contributed by atoms with Crippen LogP contribution in [0.1, 0.15) is 51.9 Å². The summed E-state index contributed by atoms with van der Waals surface area (Å²) in [6.45, 7) is 7.02. The third-order valence-electron chi connectivity index (χ3n) is 3.08. The van der Waals surface area contributed by atoms with Crippen LogP contribution in [-0.2, 0) is 0 Å². The lowest BCUT2D eigenvalue weighted by Crippen LogP contribution is -2.23. The van der Waals surface area contributed by atoms with Crippen molar-refractivity contribution >= 4 is 0 Å². The minimum absolute atomic E-state index is 1.10. The topological polar surface area (TPSA) is 24.1 Å². The number of hydrogen-bond donors (Lipinski definition) is 2. The monoisotopic (exact) mass is 212 g/mol. The molecular formula is C13H28N2. The molecule has 0 aliphatic heterocycles. The Bertz CT molecular complexity index is 132. The summed E-state index contributed by atoms with van der Waals surface area (Å²) in [5.74, 6) is 1.10. The van der Waals surface area contributed by atoms with Gasteiger partial charge in [-0.25, -0.2) is 0 Å². The molecular weight excluding hydrogens is 184 g/mol. The maximum atomic E-state index is 3.52. The first kappa shape index (κ1) is 13.0. The summed E-state index contributed by atoms with van der Waals surface area (Å²) in [6.07, 6.45) is 9.73. The second-order valence-electron chi connectivity index (χ2n) is 4.79. The van der Waals surface area contributed by atoms with E-state index >= 15 is 0 Å². The van der Waals surface area contributed by atoms with Crippen molar-refractivity contribution in [2.24, 2.45) is 5.92 Å². The van der Waals surface area contributed by atoms with Crippen molar-refractivity contribution in [3.8, 4) is 0 Å². The number of nitrogens with one attached hydrogen (secondary N) is 2. The van der Waals surface area contributed by atoms with Crippen LogP contribution >= 0.6 is 0 Å². The summed E-state index contributed by atoms with van der Waals surface area (Å²) in [5, 5.41) is 6.98. The lowest BCUT2D eigenvalue weighted by molar-refractivity contribution is 0.556. The van der Waals surface area contributed by atoms with E-state index in [4.69, 9.17) is 0 Å². The zero-order valence-corrected chi connectivity index (χ0v) is 10.4. The van der Waals surface area contributed by atoms with Gasteiger partial charge in [-0.2, -0.15) is 0 Å². The first-order chi connectivity index (χ1) is 7.43. The maximum absolute atomic E-state index is 3.52. The lowest BCUT2D eigenvalue weighted by atomic mass is 10.2. The normalized spacial score (nSPS) is 15.8. The Labute approximate surface area is 95.2 Å². The highest BCUT2D eigenvalue weighted by atomic mass is 14.9. The molecule has 1 aliphatic carbocycles. The summed E-state index contributed by atoms with van der Waals surface area (Å²) in [7, 11) is 0. The van der Waals surface area contributed by atoms with E-state index in [0.29, 0.717) is 0 Å². The Morgan fingerprint density at radius 3 is 2.07 bits per heavy atom. The van der Waals surface area contributed by atoms with Crippen molar-refractivity contribution in [2.45, 2.75) is 51.9 Å². The molecule has 15 heavy (non-hydrogen) atoms. The predicted octanol–water partition coefficient (Wildman–Crippen LogP) is 2.55. The zero-order valence-electron chi connectivity index (χ0n) is 10.4. The molecule has 0 aromatic rings. The Balaban J connectivity index is 1.62. The summed E-state index contributed by atoms with van der Waals surface area (Å²) >= 11 is 0. The fourth-order valence-electron chi connectivity index (χ4n) is 1.81. The van der Waals surface area contributed by atoms with Gasteiger partial charge >= 0.3 is 0 Å². The summed E-state index contributed by atoms with van der Waals surface area (Å²) in [4.78, 5) is 0. The molecule has 2 heteroatoms. The van der Waals surface area contributed by atoms with Gasteiger partial charge in [0.2, 0.25) is 0 Å². The highest BCUT2D eigenvalue weighted by Gasteiger charge is 2.19. The largest absolute Gasteiger partial charge is 0.317 e. The van der Waals surface area contributed by atoms with Crippen LogP contribution in [0.2, 0.25) is 0 Å². The molecule has 0 bridgehead atoms. The van der Waals surface area contributed by atoms with Crippen molar-refractivity contribution < 1.29 is 0 Å². The van der Waals surface area contributed by atoms with Gasteiger partial charge in [0.25, 0.3) is 0 Å². The number of unbranched alkanes of at least 4 members (excludes halogenated alkanes) is 1. The maximum Gasteiger partial charge on any atom is -0.00368 e. The van der Waals surface area contributed by atoms with E-state index in [-0.39, 0.29) is 0 Å². The molecule has 1 saturated carbocycles. The Morgan fingerprint density at radius 2 is 1.47 bits per heavy atom. The van der Waals surface area contributed by atoms with Crippen molar-refractivity contribution in [1.82, 2.24) is 10.6 Å². The molecule has 90 valence electrons. The van der Waals surface area contributed by atoms with E-state index in [1.807, 2.05) is 0 Å². The van der Waals surface area contributed by atoms with Gasteiger partial charge in [-0.05, 0) is 57.8 Å². The predicted molar refractivity (Wildman–Crippen MR) is 67.2 cm³/mol. The minimum Gasteiger partial charge on any atom is -0.317 e. The number of hydrogen-bond acceptors (Lipinski definition) is 2. The first-order valence-electron chi connectivity index (χ1n) is 6.85. The minimum atomic E-state index is 1.10. The van der Waals surface area contributed by atoms with E-state index in [1.54, 1.807) is 0 Å². The van der Waals surface area contributed by atoms with Crippen LogP contribution in [0, 0.1) is 5.92 Å². The molecule has 2 N–H and O–H groups in total. The third kappa shape index (κ3) is 8.88. The van der Waals surface area contributed by atoms with Crippen molar-refractivity contribution in [2.75, 3.05) is 26.2 Å². The van der Waals surface area contributed by atoms with Crippen LogP contribution in [0.15, 0.2) is 0 Å². The van der Waals surface area contributed by atoms with E-state index in [2.05, 4.69) is 17.6 Å². The zero-order chi connectivity index (χ0) is 10.8. The SMILES string of the molecule is CCCCNCCCNCCCC1CC1. The van der Waals surface area contributed by atoms with E-state index in [1.165, 1.54) is 71.1 Å². The highest BCUT2D eigenvalue weighted by molar-refractivity contribution is 4.72. The molecule has 0 aromatic heterocycles. The van der Waals surface area contributed by atoms with Crippen LogP contribution in [0.25, 0.3) is 0 Å². The smallest absolute Gasteiger partial charge is 0.00368 e. The molecule has 0 amide bonds. The average Bonchev–Trinajstić information content (AvgIpc) is 3.05. The van der Waals surface area contributed by atoms with E-state index in [9.17, 15) is 0 Å². The molecule has 0 saturated heterocycles. The molecule has 0 radical (unpaired) electrons. The third-order valence-corrected chi connectivity index (χ3v) is 3.08. The van der Waals surface area contributed by atoms with Crippen LogP contribution in [0.3, 0.4) is 0 Å². The van der Waals surface area contributed by atoms with Gasteiger partial charge < -0.3 is 10.6 Å². The summed E-state index contributed by atoms with van der Waals surface area (Å²) < 4.78 is 0. The second kappa shape index (κ2) is 9.17. The molecule has 2 nitrogen and oxygen atoms in total. The summed E-state index contributed by atoms with van der Waals surface area (Å²) in [5.41, 5.74) is 0. The van der Waals surface area contributed by atoms with E-state index in [0.717, 1.165) is 5.92 Å². The standard InChI is InChI=1S/C13H28N2/c1-2-3-9-14-11-5-12-15-10-4-6-13-7-8-13/h13-15H,2-12H2,1H3. The van der Waals surface area contributed by atoms with Gasteiger partial charge in [-0.1, -0.05) is 26.2 Å². The van der Waals surface area contributed by atoms with E-state index < -0.39 is 0 Å². The van der Waals surface area contributed by atoms with Crippen LogP contribution in [0.5, 0.6) is 0 Å². The quantitative estimate of drug-likeness (QED) is 0.514. The molecule has 0 atom stereocenters. The van der Waals surface area contributed by atoms with Crippen LogP contribution in [0.4, 0.5) is 0 Å². The van der Waals surface area contributed by atoms with Gasteiger partial charge in [0.1, 0.15) is 0 Å². The van der Waals surface area contributed by atoms with Crippen LogP contribution in [-0.4, -0.2) is 26.2 Å². The second-order valence-corrected chi connectivity index (χ2v) is 4.79. The summed E-state index contributed by atoms with van der Waals surface area (Å²) in [6, 6.07) is 0. The fraction of sp³-hybridized carbons (Fsp3) is 1.00. The fourth-order valence-corrected chi connectivity index (χ4v) is 1.81. The Hall–Kier alpha value is -0.0800. The molecule has 1 aliphatic rings. The average molecular weight is 212 g/mol. The Kier molecular flexibility index (Phi) is 7.94. The van der Waals surface area contributed by atoms with Crippen molar-refractivity contribution in [3.63, 3.8) is 0 Å². The van der Waals surface area contributed by atoms with Gasteiger partial charge in [0, 0.05) is 0 Å². The van der Waals surface area contributed by atoms with Gasteiger partial charge in [0.15, 0.2) is 0 Å². The van der Waals surface area contributed by atoms with Gasteiger partial charge in [-0.3, -0.25) is 0 Å². The molecule has 0 heterocycles. The molecule has 0 aromatic carbocycles. The van der Waals surface area contributed by atoms with Gasteiger partial charge in [0.05, 0.1) is 0 Å². The molecule has 0 unspecified atom stereocenters. The lowest BCUT2D eigenvalue weighted by Gasteiger charge is -2.05. The first-order valence-corrected chi connectivity index (χ1v) is 6.85. The van der Waals surface area contributed by atoms with Crippen molar-refractivity contribution in [1.29, 1.82) is 0 Å². The number of rotatable bonds is 11. The van der Waals surface area contributed by atoms with Gasteiger partial charge in [-0.15, -0.1) is 0 Å². The van der Waals surface area contributed by atoms with Crippen LogP contribution < -0.4 is 10.6 Å². The molecule has 0 spiro atoms. The molecule has 1 rings (SSSR count). The molecule has 1 fully saturated rings. The Morgan fingerprint density at radius 1 is 0.867 bits per heavy atom.